The summed E-state index contributed by atoms with van der Waals surface area (Å²) in [4.78, 5) is 14.7. The first-order chi connectivity index (χ1) is 9.63. The summed E-state index contributed by atoms with van der Waals surface area (Å²) < 4.78 is 13.2. The minimum atomic E-state index is -0.288. The fraction of sp³-hybridized carbons (Fsp3) is 0.562. The van der Waals surface area contributed by atoms with Crippen molar-refractivity contribution in [3.05, 3.63) is 35.1 Å². The topological polar surface area (TPSA) is 20.3 Å². The molecule has 0 aromatic heterocycles. The highest BCUT2D eigenvalue weighted by atomic mass is 79.9. The Labute approximate surface area is 128 Å². The van der Waals surface area contributed by atoms with Gasteiger partial charge in [-0.25, -0.2) is 4.39 Å². The third-order valence-electron chi connectivity index (χ3n) is 4.02. The van der Waals surface area contributed by atoms with Crippen LogP contribution in [0.5, 0.6) is 0 Å². The van der Waals surface area contributed by atoms with Crippen LogP contribution in [0.3, 0.4) is 0 Å². The van der Waals surface area contributed by atoms with Crippen molar-refractivity contribution in [3.63, 3.8) is 0 Å². The summed E-state index contributed by atoms with van der Waals surface area (Å²) in [6, 6.07) is 4.74. The van der Waals surface area contributed by atoms with Crippen LogP contribution in [0.2, 0.25) is 0 Å². The summed E-state index contributed by atoms with van der Waals surface area (Å²) in [5, 5.41) is 0.773. The molecule has 1 aromatic carbocycles. The molecule has 1 saturated carbocycles. The van der Waals surface area contributed by atoms with Crippen LogP contribution in [0, 0.1) is 12.7 Å². The van der Waals surface area contributed by atoms with E-state index >= 15 is 0 Å². The van der Waals surface area contributed by atoms with Gasteiger partial charge in [-0.2, -0.15) is 0 Å². The van der Waals surface area contributed by atoms with Gasteiger partial charge in [0.15, 0.2) is 0 Å². The van der Waals surface area contributed by atoms with Crippen molar-refractivity contribution < 1.29 is 9.18 Å². The van der Waals surface area contributed by atoms with Crippen LogP contribution < -0.4 is 0 Å². The number of carbonyl (C=O) groups excluding carboxylic acids is 1. The van der Waals surface area contributed by atoms with Gasteiger partial charge in [-0.3, -0.25) is 4.79 Å². The summed E-state index contributed by atoms with van der Waals surface area (Å²) in [6.45, 7) is 2.50. The lowest BCUT2D eigenvalue weighted by Gasteiger charge is -2.34. The second kappa shape index (κ2) is 7.21. The lowest BCUT2D eigenvalue weighted by Crippen LogP contribution is -2.42. The van der Waals surface area contributed by atoms with Crippen molar-refractivity contribution in [3.8, 4) is 0 Å². The summed E-state index contributed by atoms with van der Waals surface area (Å²) in [7, 11) is 0. The molecule has 0 atom stereocenters. The van der Waals surface area contributed by atoms with Gasteiger partial charge in [0.25, 0.3) is 5.91 Å². The van der Waals surface area contributed by atoms with E-state index in [2.05, 4.69) is 15.9 Å². The quantitative estimate of drug-likeness (QED) is 0.747. The summed E-state index contributed by atoms with van der Waals surface area (Å²) in [5.74, 6) is -0.252. The van der Waals surface area contributed by atoms with Gasteiger partial charge < -0.3 is 4.90 Å². The molecule has 1 aromatic rings. The molecule has 1 fully saturated rings. The van der Waals surface area contributed by atoms with Gasteiger partial charge in [0.05, 0.1) is 0 Å². The van der Waals surface area contributed by atoms with Gasteiger partial charge in [0.2, 0.25) is 0 Å². The van der Waals surface area contributed by atoms with Crippen LogP contribution in [0.1, 0.15) is 48.0 Å². The third kappa shape index (κ3) is 3.60. The largest absolute Gasteiger partial charge is 0.335 e. The molecule has 0 radical (unpaired) electrons. The van der Waals surface area contributed by atoms with E-state index in [1.807, 2.05) is 4.90 Å². The first kappa shape index (κ1) is 15.5. The van der Waals surface area contributed by atoms with E-state index in [1.54, 1.807) is 13.0 Å². The average Bonchev–Trinajstić information content (AvgIpc) is 2.45. The van der Waals surface area contributed by atoms with Gasteiger partial charge in [0, 0.05) is 23.5 Å². The molecule has 1 aliphatic carbocycles. The van der Waals surface area contributed by atoms with Crippen molar-refractivity contribution in [1.82, 2.24) is 4.90 Å². The normalized spacial score (nSPS) is 16.1. The first-order valence-corrected chi connectivity index (χ1v) is 8.38. The van der Waals surface area contributed by atoms with Crippen LogP contribution in [-0.4, -0.2) is 28.7 Å². The summed E-state index contributed by atoms with van der Waals surface area (Å²) >= 11 is 3.43. The Kier molecular flexibility index (Phi) is 5.58. The Morgan fingerprint density at radius 2 is 2.05 bits per heavy atom. The van der Waals surface area contributed by atoms with Gasteiger partial charge in [-0.15, -0.1) is 0 Å². The molecule has 0 saturated heterocycles. The fourth-order valence-electron chi connectivity index (χ4n) is 2.96. The van der Waals surface area contributed by atoms with E-state index < -0.39 is 0 Å². The third-order valence-corrected chi connectivity index (χ3v) is 4.38. The molecule has 0 spiro atoms. The predicted molar refractivity (Wildman–Crippen MR) is 82.8 cm³/mol. The monoisotopic (exact) mass is 341 g/mol. The maximum Gasteiger partial charge on any atom is 0.254 e. The average molecular weight is 342 g/mol. The van der Waals surface area contributed by atoms with Crippen molar-refractivity contribution in [1.29, 1.82) is 0 Å². The van der Waals surface area contributed by atoms with E-state index in [-0.39, 0.29) is 11.7 Å². The minimum Gasteiger partial charge on any atom is -0.335 e. The number of benzene rings is 1. The van der Waals surface area contributed by atoms with Crippen molar-refractivity contribution >= 4 is 21.8 Å². The number of aryl methyl sites for hydroxylation is 1. The van der Waals surface area contributed by atoms with Crippen molar-refractivity contribution in [2.45, 2.75) is 45.1 Å². The molecule has 1 amide bonds. The van der Waals surface area contributed by atoms with Crippen LogP contribution in [0.4, 0.5) is 4.39 Å². The first-order valence-electron chi connectivity index (χ1n) is 7.26. The Morgan fingerprint density at radius 1 is 1.35 bits per heavy atom. The number of hydrogen-bond acceptors (Lipinski definition) is 1. The van der Waals surface area contributed by atoms with E-state index in [1.165, 1.54) is 31.4 Å². The van der Waals surface area contributed by atoms with E-state index in [9.17, 15) is 9.18 Å². The van der Waals surface area contributed by atoms with Gasteiger partial charge in [-0.05, 0) is 43.5 Å². The number of hydrogen-bond donors (Lipinski definition) is 0. The molecule has 1 aliphatic rings. The highest BCUT2D eigenvalue weighted by Crippen LogP contribution is 2.25. The van der Waals surface area contributed by atoms with E-state index in [0.717, 1.165) is 18.2 Å². The molecular formula is C16H21BrFNO. The zero-order valence-electron chi connectivity index (χ0n) is 11.9. The van der Waals surface area contributed by atoms with E-state index in [0.29, 0.717) is 23.7 Å². The molecule has 0 bridgehead atoms. The number of halogens is 2. The van der Waals surface area contributed by atoms with Crippen LogP contribution >= 0.6 is 15.9 Å². The molecule has 4 heteroatoms. The maximum atomic E-state index is 13.2. The summed E-state index contributed by atoms with van der Waals surface area (Å²) in [6.07, 6.45) is 5.82. The molecule has 0 heterocycles. The highest BCUT2D eigenvalue weighted by Gasteiger charge is 2.26. The molecule has 0 unspecified atom stereocenters. The molecule has 110 valence electrons. The zero-order valence-corrected chi connectivity index (χ0v) is 13.5. The zero-order chi connectivity index (χ0) is 14.5. The lowest BCUT2D eigenvalue weighted by molar-refractivity contribution is 0.0650. The van der Waals surface area contributed by atoms with Crippen molar-refractivity contribution in [2.75, 3.05) is 11.9 Å². The standard InChI is InChI=1S/C16H21BrFNO/c1-12-11-13(18)7-8-15(12)16(20)19(10-9-17)14-5-3-2-4-6-14/h7-8,11,14H,2-6,9-10H2,1H3. The Hall–Kier alpha value is -0.900. The van der Waals surface area contributed by atoms with Crippen LogP contribution in [-0.2, 0) is 0 Å². The van der Waals surface area contributed by atoms with Gasteiger partial charge in [-0.1, -0.05) is 35.2 Å². The molecule has 0 N–H and O–H groups in total. The number of carbonyl (C=O) groups is 1. The SMILES string of the molecule is Cc1cc(F)ccc1C(=O)N(CCBr)C1CCCCC1. The highest BCUT2D eigenvalue weighted by molar-refractivity contribution is 9.09. The van der Waals surface area contributed by atoms with Crippen LogP contribution in [0.25, 0.3) is 0 Å². The van der Waals surface area contributed by atoms with E-state index in [4.69, 9.17) is 0 Å². The molecule has 2 nitrogen and oxygen atoms in total. The molecule has 20 heavy (non-hydrogen) atoms. The second-order valence-corrected chi connectivity index (χ2v) is 6.23. The smallest absolute Gasteiger partial charge is 0.254 e. The number of amides is 1. The number of nitrogens with zero attached hydrogens (tertiary/aromatic N) is 1. The maximum absolute atomic E-state index is 13.2. The molecular weight excluding hydrogens is 321 g/mol. The fourth-order valence-corrected chi connectivity index (χ4v) is 3.34. The summed E-state index contributed by atoms with van der Waals surface area (Å²) in [5.41, 5.74) is 1.34. The van der Waals surface area contributed by atoms with Gasteiger partial charge in [0.1, 0.15) is 5.82 Å². The Bertz CT molecular complexity index is 472. The Morgan fingerprint density at radius 3 is 2.65 bits per heavy atom. The predicted octanol–water partition coefficient (Wildman–Crippen LogP) is 4.30. The van der Waals surface area contributed by atoms with Crippen molar-refractivity contribution in [2.24, 2.45) is 0 Å². The molecule has 0 aliphatic heterocycles. The minimum absolute atomic E-state index is 0.0360. The van der Waals surface area contributed by atoms with Gasteiger partial charge >= 0.3 is 0 Å². The number of rotatable bonds is 4. The lowest BCUT2D eigenvalue weighted by atomic mass is 9.93. The number of alkyl halides is 1. The van der Waals surface area contributed by atoms with Crippen LogP contribution in [0.15, 0.2) is 18.2 Å². The second-order valence-electron chi connectivity index (χ2n) is 5.44. The molecule has 2 rings (SSSR count). The Balaban J connectivity index is 2.21.